The van der Waals surface area contributed by atoms with Crippen molar-refractivity contribution in [3.05, 3.63) is 24.5 Å². The number of nitrogens with one attached hydrogen (secondary N) is 1. The maximum absolute atomic E-state index is 11.7. The Balaban J connectivity index is 2.00. The highest BCUT2D eigenvalue weighted by atomic mass is 32.1. The lowest BCUT2D eigenvalue weighted by atomic mass is 9.88. The Bertz CT molecular complexity index is 391. The number of nitrogens with zero attached hydrogens (tertiary/aromatic N) is 1. The molecule has 1 fully saturated rings. The molecule has 1 aliphatic rings. The lowest BCUT2D eigenvalue weighted by Crippen LogP contribution is -2.30. The van der Waals surface area contributed by atoms with E-state index in [1.807, 2.05) is 12.1 Å². The Hall–Kier alpha value is -1.29. The molecule has 1 heterocycles. The predicted octanol–water partition coefficient (Wildman–Crippen LogP) is 2.58. The zero-order valence-corrected chi connectivity index (χ0v) is 9.80. The maximum Gasteiger partial charge on any atom is 0.142 e. The van der Waals surface area contributed by atoms with Crippen molar-refractivity contribution in [2.24, 2.45) is 5.92 Å². The molecule has 3 nitrogen and oxygen atoms in total. The largest absolute Gasteiger partial charge is 0.348 e. The number of aromatic nitrogens is 1. The van der Waals surface area contributed by atoms with Gasteiger partial charge in [-0.3, -0.25) is 9.78 Å². The van der Waals surface area contributed by atoms with Crippen molar-refractivity contribution in [3.8, 4) is 0 Å². The number of rotatable bonds is 2. The summed E-state index contributed by atoms with van der Waals surface area (Å²) in [6.45, 7) is 0. The van der Waals surface area contributed by atoms with E-state index in [9.17, 15) is 4.79 Å². The summed E-state index contributed by atoms with van der Waals surface area (Å²) >= 11 is 5.27. The van der Waals surface area contributed by atoms with E-state index in [4.69, 9.17) is 12.2 Å². The zero-order valence-electron chi connectivity index (χ0n) is 8.98. The number of Topliss-reactive ketones (excluding diaryl/α,β-unsaturated/α-hetero) is 1. The standard InChI is InChI=1S/C12H14N2OS/c15-11-6-2-1-5-10(11)12(16)14-9-4-3-7-13-8-9/h3-4,7-8,10H,1-2,5-6H2,(H,14,16). The summed E-state index contributed by atoms with van der Waals surface area (Å²) in [5, 5.41) is 3.09. The van der Waals surface area contributed by atoms with Gasteiger partial charge in [-0.2, -0.15) is 0 Å². The first-order valence-corrected chi connectivity index (χ1v) is 5.92. The van der Waals surface area contributed by atoms with E-state index in [0.29, 0.717) is 11.4 Å². The molecule has 0 amide bonds. The molecule has 2 rings (SSSR count). The molecule has 1 aromatic rings. The summed E-state index contributed by atoms with van der Waals surface area (Å²) in [5.74, 6) is 0.177. The van der Waals surface area contributed by atoms with Crippen LogP contribution < -0.4 is 5.32 Å². The van der Waals surface area contributed by atoms with E-state index in [1.54, 1.807) is 12.4 Å². The molecule has 16 heavy (non-hydrogen) atoms. The summed E-state index contributed by atoms with van der Waals surface area (Å²) in [4.78, 5) is 16.3. The second-order valence-corrected chi connectivity index (χ2v) is 4.44. The summed E-state index contributed by atoms with van der Waals surface area (Å²) in [5.41, 5.74) is 0.853. The van der Waals surface area contributed by atoms with Gasteiger partial charge in [0, 0.05) is 12.6 Å². The number of pyridine rings is 1. The molecule has 1 atom stereocenters. The summed E-state index contributed by atoms with van der Waals surface area (Å²) < 4.78 is 0. The summed E-state index contributed by atoms with van der Waals surface area (Å²) in [7, 11) is 0. The molecule has 0 saturated heterocycles. The van der Waals surface area contributed by atoms with Crippen LogP contribution in [-0.4, -0.2) is 15.8 Å². The number of thiocarbonyl (C=S) groups is 1. The molecule has 1 aliphatic carbocycles. The number of carbonyl (C=O) groups excluding carboxylic acids is 1. The molecular weight excluding hydrogens is 220 g/mol. The third kappa shape index (κ3) is 2.64. The van der Waals surface area contributed by atoms with E-state index in [0.717, 1.165) is 24.9 Å². The summed E-state index contributed by atoms with van der Waals surface area (Å²) in [6, 6.07) is 3.74. The molecule has 84 valence electrons. The molecule has 1 unspecified atom stereocenters. The fourth-order valence-electron chi connectivity index (χ4n) is 1.93. The number of carbonyl (C=O) groups is 1. The number of ketones is 1. The van der Waals surface area contributed by atoms with Crippen molar-refractivity contribution < 1.29 is 4.79 Å². The van der Waals surface area contributed by atoms with Crippen LogP contribution in [0, 0.1) is 5.92 Å². The second kappa shape index (κ2) is 5.16. The van der Waals surface area contributed by atoms with Crippen molar-refractivity contribution in [3.63, 3.8) is 0 Å². The molecule has 0 bridgehead atoms. The quantitative estimate of drug-likeness (QED) is 0.799. The molecule has 1 N–H and O–H groups in total. The van der Waals surface area contributed by atoms with Crippen LogP contribution in [0.3, 0.4) is 0 Å². The number of hydrogen-bond donors (Lipinski definition) is 1. The topological polar surface area (TPSA) is 42.0 Å². The van der Waals surface area contributed by atoms with Crippen molar-refractivity contribution >= 4 is 28.7 Å². The fourth-order valence-corrected chi connectivity index (χ4v) is 2.29. The van der Waals surface area contributed by atoms with E-state index in [-0.39, 0.29) is 11.7 Å². The third-order valence-electron chi connectivity index (χ3n) is 2.80. The third-order valence-corrected chi connectivity index (χ3v) is 3.19. The van der Waals surface area contributed by atoms with Crippen LogP contribution in [0.1, 0.15) is 25.7 Å². The van der Waals surface area contributed by atoms with E-state index < -0.39 is 0 Å². The van der Waals surface area contributed by atoms with Gasteiger partial charge in [-0.05, 0) is 25.0 Å². The minimum atomic E-state index is -0.0936. The zero-order chi connectivity index (χ0) is 11.4. The lowest BCUT2D eigenvalue weighted by molar-refractivity contribution is -0.122. The van der Waals surface area contributed by atoms with Crippen molar-refractivity contribution in [2.75, 3.05) is 5.32 Å². The van der Waals surface area contributed by atoms with Crippen LogP contribution in [0.2, 0.25) is 0 Å². The fraction of sp³-hybridized carbons (Fsp3) is 0.417. The molecule has 4 heteroatoms. The molecule has 1 saturated carbocycles. The van der Waals surface area contributed by atoms with Crippen LogP contribution in [0.25, 0.3) is 0 Å². The average molecular weight is 234 g/mol. The van der Waals surface area contributed by atoms with Gasteiger partial charge in [-0.15, -0.1) is 0 Å². The van der Waals surface area contributed by atoms with Crippen LogP contribution in [-0.2, 0) is 4.79 Å². The Kier molecular flexibility index (Phi) is 3.62. The molecule has 1 aromatic heterocycles. The highest BCUT2D eigenvalue weighted by Gasteiger charge is 2.25. The van der Waals surface area contributed by atoms with Gasteiger partial charge in [-0.1, -0.05) is 18.6 Å². The summed E-state index contributed by atoms with van der Waals surface area (Å²) in [6.07, 6.45) is 7.06. The first-order valence-electron chi connectivity index (χ1n) is 5.51. The van der Waals surface area contributed by atoms with Gasteiger partial charge in [-0.25, -0.2) is 0 Å². The van der Waals surface area contributed by atoms with Crippen LogP contribution in [0.15, 0.2) is 24.5 Å². The Morgan fingerprint density at radius 1 is 1.50 bits per heavy atom. The van der Waals surface area contributed by atoms with E-state index in [2.05, 4.69) is 10.3 Å². The van der Waals surface area contributed by atoms with Gasteiger partial charge < -0.3 is 5.32 Å². The van der Waals surface area contributed by atoms with Gasteiger partial charge in [0.15, 0.2) is 0 Å². The van der Waals surface area contributed by atoms with Crippen LogP contribution in [0.5, 0.6) is 0 Å². The van der Waals surface area contributed by atoms with Gasteiger partial charge in [0.1, 0.15) is 5.78 Å². The van der Waals surface area contributed by atoms with Crippen LogP contribution in [0.4, 0.5) is 5.69 Å². The first-order chi connectivity index (χ1) is 7.77. The highest BCUT2D eigenvalue weighted by Crippen LogP contribution is 2.22. The van der Waals surface area contributed by atoms with Gasteiger partial charge in [0.05, 0.1) is 22.8 Å². The average Bonchev–Trinajstić information content (AvgIpc) is 2.31. The SMILES string of the molecule is O=C1CCCCC1C(=S)Nc1cccnc1. The number of hydrogen-bond acceptors (Lipinski definition) is 3. The monoisotopic (exact) mass is 234 g/mol. The predicted molar refractivity (Wildman–Crippen MR) is 67.4 cm³/mol. The Labute approximate surface area is 100 Å². The highest BCUT2D eigenvalue weighted by molar-refractivity contribution is 7.80. The van der Waals surface area contributed by atoms with Crippen molar-refractivity contribution in [2.45, 2.75) is 25.7 Å². The maximum atomic E-state index is 11.7. The lowest BCUT2D eigenvalue weighted by Gasteiger charge is -2.21. The minimum Gasteiger partial charge on any atom is -0.348 e. The van der Waals surface area contributed by atoms with Gasteiger partial charge in [0.25, 0.3) is 0 Å². The van der Waals surface area contributed by atoms with Crippen LogP contribution >= 0.6 is 12.2 Å². The first kappa shape index (κ1) is 11.2. The normalized spacial score (nSPS) is 20.5. The Morgan fingerprint density at radius 3 is 3.06 bits per heavy atom. The smallest absolute Gasteiger partial charge is 0.142 e. The van der Waals surface area contributed by atoms with Gasteiger partial charge in [0.2, 0.25) is 0 Å². The Morgan fingerprint density at radius 2 is 2.38 bits per heavy atom. The van der Waals surface area contributed by atoms with Crippen molar-refractivity contribution in [1.29, 1.82) is 0 Å². The van der Waals surface area contributed by atoms with Crippen molar-refractivity contribution in [1.82, 2.24) is 4.98 Å². The molecule has 0 aliphatic heterocycles. The second-order valence-electron chi connectivity index (χ2n) is 4.00. The molecule has 0 spiro atoms. The van der Waals surface area contributed by atoms with E-state index in [1.165, 1.54) is 0 Å². The number of anilines is 1. The van der Waals surface area contributed by atoms with E-state index >= 15 is 0 Å². The minimum absolute atomic E-state index is 0.0936. The molecule has 0 radical (unpaired) electrons. The van der Waals surface area contributed by atoms with Gasteiger partial charge >= 0.3 is 0 Å². The molecular formula is C12H14N2OS. The molecule has 0 aromatic carbocycles.